The zero-order chi connectivity index (χ0) is 30.7. The number of phenols is 1. The Labute approximate surface area is 207 Å². The summed E-state index contributed by atoms with van der Waals surface area (Å²) in [5, 5.41) is 33.2. The number of hydrogen-bond donors (Lipinski definition) is 2. The van der Waals surface area contributed by atoms with Crippen molar-refractivity contribution in [2.45, 2.75) is 75.2 Å². The first-order chi connectivity index (χ1) is 19.3. The summed E-state index contributed by atoms with van der Waals surface area (Å²) in [5.41, 5.74) is -1.04. The molecule has 4 atom stereocenters. The molecule has 6 rings (SSSR count). The number of aromatic nitrogens is 7. The third-order valence-corrected chi connectivity index (χ3v) is 6.91. The average Bonchev–Trinajstić information content (AvgIpc) is 3.37. The zero-order valence-electron chi connectivity index (χ0n) is 26.5. The number of phenolic OH excluding ortho intramolecular Hbond substituents is 1. The van der Waals surface area contributed by atoms with Crippen LogP contribution in [0.1, 0.15) is 56.8 Å². The lowest BCUT2D eigenvalue weighted by Crippen LogP contribution is -2.66. The Kier molecular flexibility index (Phi) is 3.10. The first-order valence-electron chi connectivity index (χ1n) is 14.9. The summed E-state index contributed by atoms with van der Waals surface area (Å²) < 4.78 is 80.4. The molecule has 34 heavy (non-hydrogen) atoms. The second-order valence-corrected chi connectivity index (χ2v) is 9.52. The van der Waals surface area contributed by atoms with E-state index in [1.165, 1.54) is 24.4 Å². The Morgan fingerprint density at radius 3 is 2.79 bits per heavy atom. The van der Waals surface area contributed by atoms with E-state index >= 15 is 4.39 Å². The summed E-state index contributed by atoms with van der Waals surface area (Å²) in [6.45, 7) is 1.05. The van der Waals surface area contributed by atoms with Gasteiger partial charge in [-0.2, -0.15) is 4.80 Å². The van der Waals surface area contributed by atoms with Gasteiger partial charge in [-0.15, -0.1) is 20.4 Å². The van der Waals surface area contributed by atoms with E-state index < -0.39 is 49.0 Å². The van der Waals surface area contributed by atoms with Crippen LogP contribution in [0.15, 0.2) is 24.4 Å². The largest absolute Gasteiger partial charge is 0.507 e. The SMILES string of the molecule is [2H]C([2H])([2H])n1nnc(-c2ccc(-c3ncc(N([C@H]4C[C@]5(C)CC[C@@](C)(N5)[C@H]4F)C4([2H])C([2H])([2H])C4([2H])[2H])nn3)c(O)c2)n1. The van der Waals surface area contributed by atoms with Crippen LogP contribution in [-0.2, 0) is 6.98 Å². The van der Waals surface area contributed by atoms with E-state index in [0.29, 0.717) is 17.6 Å². The second-order valence-electron chi connectivity index (χ2n) is 9.52. The van der Waals surface area contributed by atoms with Crippen LogP contribution in [0.25, 0.3) is 22.8 Å². The second kappa shape index (κ2) is 7.39. The van der Waals surface area contributed by atoms with E-state index in [0.717, 1.165) is 4.90 Å². The summed E-state index contributed by atoms with van der Waals surface area (Å²) in [7, 11) is 0. The van der Waals surface area contributed by atoms with Gasteiger partial charge >= 0.3 is 0 Å². The Morgan fingerprint density at radius 1 is 1.26 bits per heavy atom. The molecular weight excluding hydrogens is 437 g/mol. The van der Waals surface area contributed by atoms with Crippen LogP contribution in [0.3, 0.4) is 0 Å². The Bertz CT molecular complexity index is 1540. The third-order valence-electron chi connectivity index (χ3n) is 6.91. The molecule has 1 aromatic carbocycles. The number of aryl methyl sites for hydroxylation is 1. The molecule has 2 saturated heterocycles. The van der Waals surface area contributed by atoms with Crippen LogP contribution < -0.4 is 10.2 Å². The van der Waals surface area contributed by atoms with E-state index in [1.807, 2.05) is 6.92 Å². The third kappa shape index (κ3) is 3.49. The summed E-state index contributed by atoms with van der Waals surface area (Å²) in [6, 6.07) is 0.624. The molecule has 3 fully saturated rings. The standard InChI is InChI=1S/C23H28FN9O/c1-22-8-9-23(2,30-22)19(24)16(11-22)33(14-5-6-14)18-12-25-21(27-26-18)15-7-4-13(10-17(15)34)20-28-31-32(3)29-20/h4,7,10,12,14,16,19,30,34H,5-6,8-9,11H2,1-3H3/t16-,19-,22-,23+/m0/s1/i3D3,5D2,6D2,14D. The Balaban J connectivity index is 1.35. The number of benzene rings is 1. The van der Waals surface area contributed by atoms with Crippen molar-refractivity contribution in [1.29, 1.82) is 0 Å². The first-order valence-corrected chi connectivity index (χ1v) is 10.9. The highest BCUT2D eigenvalue weighted by Crippen LogP contribution is 2.47. The van der Waals surface area contributed by atoms with Gasteiger partial charge in [0.25, 0.3) is 0 Å². The number of halogens is 1. The number of tetrazole rings is 1. The fourth-order valence-electron chi connectivity index (χ4n) is 5.21. The monoisotopic (exact) mass is 473 g/mol. The molecule has 2 N–H and O–H groups in total. The fraction of sp³-hybridized carbons (Fsp3) is 0.565. The first kappa shape index (κ1) is 14.2. The van der Waals surface area contributed by atoms with Crippen molar-refractivity contribution in [1.82, 2.24) is 40.7 Å². The molecule has 0 spiro atoms. The van der Waals surface area contributed by atoms with Gasteiger partial charge in [0, 0.05) is 32.3 Å². The molecule has 4 heterocycles. The van der Waals surface area contributed by atoms with Crippen LogP contribution in [0.4, 0.5) is 10.2 Å². The van der Waals surface area contributed by atoms with Crippen LogP contribution in [-0.4, -0.2) is 69.8 Å². The molecule has 0 unspecified atom stereocenters. The van der Waals surface area contributed by atoms with Gasteiger partial charge in [-0.1, -0.05) is 6.07 Å². The smallest absolute Gasteiger partial charge is 0.205 e. The minimum Gasteiger partial charge on any atom is -0.507 e. The van der Waals surface area contributed by atoms with Crippen LogP contribution >= 0.6 is 0 Å². The molecule has 178 valence electrons. The van der Waals surface area contributed by atoms with Crippen molar-refractivity contribution in [3.05, 3.63) is 24.4 Å². The average molecular weight is 474 g/mol. The quantitative estimate of drug-likeness (QED) is 0.576. The number of hydrogen-bond acceptors (Lipinski definition) is 9. The molecule has 1 aliphatic carbocycles. The Morgan fingerprint density at radius 2 is 2.12 bits per heavy atom. The molecule has 1 saturated carbocycles. The molecule has 2 bridgehead atoms. The maximum Gasteiger partial charge on any atom is 0.205 e. The number of fused-ring (bicyclic) bond motifs is 2. The molecule has 0 amide bonds. The summed E-state index contributed by atoms with van der Waals surface area (Å²) in [5.74, 6) is -0.563. The predicted molar refractivity (Wildman–Crippen MR) is 123 cm³/mol. The van der Waals surface area contributed by atoms with E-state index in [2.05, 4.69) is 35.9 Å². The molecule has 2 aliphatic heterocycles. The fourth-order valence-corrected chi connectivity index (χ4v) is 5.21. The maximum atomic E-state index is 16.2. The highest BCUT2D eigenvalue weighted by molar-refractivity contribution is 5.70. The lowest BCUT2D eigenvalue weighted by molar-refractivity contribution is 0.0831. The van der Waals surface area contributed by atoms with Crippen LogP contribution in [0.2, 0.25) is 0 Å². The highest BCUT2D eigenvalue weighted by atomic mass is 19.1. The minimum absolute atomic E-state index is 0.0363. The van der Waals surface area contributed by atoms with Crippen LogP contribution in [0, 0.1) is 0 Å². The van der Waals surface area contributed by atoms with Gasteiger partial charge in [-0.3, -0.25) is 0 Å². The molecule has 0 radical (unpaired) electrons. The van der Waals surface area contributed by atoms with E-state index in [4.69, 9.17) is 11.0 Å². The van der Waals surface area contributed by atoms with Crippen molar-refractivity contribution < 1.29 is 20.5 Å². The van der Waals surface area contributed by atoms with E-state index in [-0.39, 0.29) is 40.8 Å². The molecule has 3 aromatic rings. The van der Waals surface area contributed by atoms with E-state index in [9.17, 15) is 5.11 Å². The van der Waals surface area contributed by atoms with Crippen LogP contribution in [0.5, 0.6) is 5.75 Å². The summed E-state index contributed by atoms with van der Waals surface area (Å²) in [6.07, 6.45) is -4.29. The van der Waals surface area contributed by atoms with Crippen molar-refractivity contribution in [2.24, 2.45) is 6.98 Å². The molecule has 10 nitrogen and oxygen atoms in total. The van der Waals surface area contributed by atoms with Gasteiger partial charge in [0.1, 0.15) is 11.9 Å². The van der Waals surface area contributed by atoms with E-state index in [1.54, 1.807) is 6.92 Å². The number of rotatable bonds is 5. The Hall–Kier alpha value is -3.21. The number of piperidine rings is 1. The lowest BCUT2D eigenvalue weighted by atomic mass is 9.82. The van der Waals surface area contributed by atoms with Gasteiger partial charge in [0.05, 0.1) is 26.1 Å². The lowest BCUT2D eigenvalue weighted by Gasteiger charge is -2.48. The molecule has 3 aliphatic rings. The zero-order valence-corrected chi connectivity index (χ0v) is 18.5. The van der Waals surface area contributed by atoms with Crippen molar-refractivity contribution in [2.75, 3.05) is 4.90 Å². The minimum atomic E-state index is -2.63. The number of nitrogens with zero attached hydrogens (tertiary/aromatic N) is 8. The molecular formula is C23H28FN9O. The number of anilines is 1. The highest BCUT2D eigenvalue weighted by Gasteiger charge is 2.58. The van der Waals surface area contributed by atoms with Crippen molar-refractivity contribution in [3.63, 3.8) is 0 Å². The van der Waals surface area contributed by atoms with Crippen molar-refractivity contribution in [3.8, 4) is 28.5 Å². The van der Waals surface area contributed by atoms with Gasteiger partial charge in [0.2, 0.25) is 5.82 Å². The number of alkyl halides is 1. The molecule has 2 aromatic heterocycles. The van der Waals surface area contributed by atoms with Gasteiger partial charge in [-0.05, 0) is 63.2 Å². The predicted octanol–water partition coefficient (Wildman–Crippen LogP) is 2.41. The summed E-state index contributed by atoms with van der Waals surface area (Å²) in [4.78, 5) is 5.79. The number of nitrogens with one attached hydrogen (secondary N) is 1. The topological polar surface area (TPSA) is 118 Å². The van der Waals surface area contributed by atoms with Crippen molar-refractivity contribution >= 4 is 5.82 Å². The normalized spacial score (nSPS) is 38.2. The maximum absolute atomic E-state index is 16.2. The van der Waals surface area contributed by atoms with Gasteiger partial charge < -0.3 is 15.3 Å². The van der Waals surface area contributed by atoms with Gasteiger partial charge in [0.15, 0.2) is 11.6 Å². The summed E-state index contributed by atoms with van der Waals surface area (Å²) >= 11 is 0. The van der Waals surface area contributed by atoms with Gasteiger partial charge in [-0.25, -0.2) is 9.37 Å². The molecule has 11 heteroatoms. The number of aromatic hydroxyl groups is 1.